The summed E-state index contributed by atoms with van der Waals surface area (Å²) in [5.41, 5.74) is 0. The highest BCUT2D eigenvalue weighted by Gasteiger charge is 2.08. The Morgan fingerprint density at radius 2 is 1.64 bits per heavy atom. The van der Waals surface area contributed by atoms with Crippen molar-refractivity contribution in [3.8, 4) is 0 Å². The largest absolute Gasteiger partial charge is 0.0651 e. The van der Waals surface area contributed by atoms with Crippen LogP contribution in [0.3, 0.4) is 0 Å². The van der Waals surface area contributed by atoms with E-state index >= 15 is 0 Å². The van der Waals surface area contributed by atoms with Gasteiger partial charge >= 0.3 is 0 Å². The van der Waals surface area contributed by atoms with E-state index in [-0.39, 0.29) is 0 Å². The Morgan fingerprint density at radius 3 is 2.00 bits per heavy atom. The van der Waals surface area contributed by atoms with Gasteiger partial charge in [-0.25, -0.2) is 0 Å². The summed E-state index contributed by atoms with van der Waals surface area (Å²) in [6, 6.07) is 0. The molecule has 0 amide bonds. The van der Waals surface area contributed by atoms with Gasteiger partial charge in [-0.05, 0) is 24.2 Å². The molecule has 0 nitrogen and oxygen atoms in total. The monoisotopic (exact) mass is 155 g/mol. The molecule has 0 aliphatic rings. The first-order valence-corrected chi connectivity index (χ1v) is 4.88. The minimum absolute atomic E-state index is 0.823. The number of hydrogen-bond donors (Lipinski definition) is 0. The van der Waals surface area contributed by atoms with Crippen LogP contribution in [-0.4, -0.2) is 0 Å². The summed E-state index contributed by atoms with van der Waals surface area (Å²) in [4.78, 5) is 0. The first kappa shape index (κ1) is 11.0. The Labute approximate surface area is 72.4 Å². The maximum atomic E-state index is 2.34. The predicted octanol–water partition coefficient (Wildman–Crippen LogP) is 4.06. The Kier molecular flexibility index (Phi) is 5.62. The lowest BCUT2D eigenvalue weighted by Gasteiger charge is -2.16. The molecule has 0 aromatic carbocycles. The van der Waals surface area contributed by atoms with Crippen molar-refractivity contribution >= 4 is 0 Å². The van der Waals surface area contributed by atoms with Crippen molar-refractivity contribution < 1.29 is 0 Å². The van der Waals surface area contributed by atoms with Crippen molar-refractivity contribution in [3.05, 3.63) is 5.92 Å². The summed E-state index contributed by atoms with van der Waals surface area (Å²) < 4.78 is 0. The van der Waals surface area contributed by atoms with Gasteiger partial charge in [0.2, 0.25) is 0 Å². The Hall–Kier alpha value is 0. The van der Waals surface area contributed by atoms with Crippen LogP contribution in [0.5, 0.6) is 0 Å². The highest BCUT2D eigenvalue weighted by atomic mass is 14.1. The number of rotatable bonds is 5. The van der Waals surface area contributed by atoms with E-state index in [9.17, 15) is 0 Å². The minimum Gasteiger partial charge on any atom is -0.0651 e. The van der Waals surface area contributed by atoms with Crippen LogP contribution >= 0.6 is 0 Å². The zero-order valence-corrected chi connectivity index (χ0v) is 8.78. The summed E-state index contributed by atoms with van der Waals surface area (Å²) >= 11 is 0. The average Bonchev–Trinajstić information content (AvgIpc) is 1.99. The van der Waals surface area contributed by atoms with Crippen LogP contribution < -0.4 is 0 Å². The van der Waals surface area contributed by atoms with E-state index in [0.29, 0.717) is 0 Å². The standard InChI is InChI=1S/C11H23/c1-6-10(4)7-8-11(5)9(2)3/h10-11H,6-8H2,1-5H3. The molecule has 0 aromatic rings. The molecule has 0 N–H and O–H groups in total. The molecule has 0 fully saturated rings. The third kappa shape index (κ3) is 5.29. The van der Waals surface area contributed by atoms with Gasteiger partial charge in [0.15, 0.2) is 0 Å². The van der Waals surface area contributed by atoms with Gasteiger partial charge in [0.05, 0.1) is 0 Å². The van der Waals surface area contributed by atoms with Crippen molar-refractivity contribution in [1.82, 2.24) is 0 Å². The van der Waals surface area contributed by atoms with E-state index in [0.717, 1.165) is 11.8 Å². The predicted molar refractivity (Wildman–Crippen MR) is 52.4 cm³/mol. The van der Waals surface area contributed by atoms with Crippen LogP contribution in [0.2, 0.25) is 0 Å². The molecule has 0 bridgehead atoms. The van der Waals surface area contributed by atoms with Gasteiger partial charge in [0, 0.05) is 0 Å². The van der Waals surface area contributed by atoms with Crippen molar-refractivity contribution in [1.29, 1.82) is 0 Å². The van der Waals surface area contributed by atoms with Gasteiger partial charge in [0.1, 0.15) is 0 Å². The molecule has 0 heteroatoms. The van der Waals surface area contributed by atoms with Gasteiger partial charge in [-0.15, -0.1) is 0 Å². The zero-order chi connectivity index (χ0) is 8.85. The summed E-state index contributed by atoms with van der Waals surface area (Å²) in [6.07, 6.45) is 4.09. The summed E-state index contributed by atoms with van der Waals surface area (Å²) in [7, 11) is 0. The highest BCUT2D eigenvalue weighted by Crippen LogP contribution is 2.21. The van der Waals surface area contributed by atoms with Crippen molar-refractivity contribution in [2.45, 2.75) is 53.9 Å². The fourth-order valence-corrected chi connectivity index (χ4v) is 1.03. The van der Waals surface area contributed by atoms with Gasteiger partial charge in [0.25, 0.3) is 0 Å². The highest BCUT2D eigenvalue weighted by molar-refractivity contribution is 4.83. The normalized spacial score (nSPS) is 16.9. The lowest BCUT2D eigenvalue weighted by molar-refractivity contribution is 0.431. The minimum atomic E-state index is 0.823. The Bertz CT molecular complexity index is 84.0. The molecule has 2 atom stereocenters. The second kappa shape index (κ2) is 5.62. The second-order valence-electron chi connectivity index (χ2n) is 4.07. The maximum Gasteiger partial charge on any atom is -0.0275 e. The molecule has 0 aromatic heterocycles. The van der Waals surface area contributed by atoms with Gasteiger partial charge in [-0.2, -0.15) is 0 Å². The van der Waals surface area contributed by atoms with E-state index in [2.05, 4.69) is 34.6 Å². The smallest absolute Gasteiger partial charge is 0.0275 e. The first-order valence-electron chi connectivity index (χ1n) is 4.88. The van der Waals surface area contributed by atoms with Crippen LogP contribution in [0, 0.1) is 17.8 Å². The van der Waals surface area contributed by atoms with E-state index < -0.39 is 0 Å². The molecule has 11 heavy (non-hydrogen) atoms. The van der Waals surface area contributed by atoms with Crippen molar-refractivity contribution in [3.63, 3.8) is 0 Å². The third-order valence-corrected chi connectivity index (χ3v) is 2.78. The van der Waals surface area contributed by atoms with E-state index in [1.807, 2.05) is 0 Å². The molecule has 2 unspecified atom stereocenters. The lowest BCUT2D eigenvalue weighted by Crippen LogP contribution is -2.04. The maximum absolute atomic E-state index is 2.34. The molecule has 0 saturated heterocycles. The zero-order valence-electron chi connectivity index (χ0n) is 8.78. The molecule has 0 spiro atoms. The Morgan fingerprint density at radius 1 is 1.09 bits per heavy atom. The number of hydrogen-bond acceptors (Lipinski definition) is 0. The van der Waals surface area contributed by atoms with Crippen LogP contribution in [0.15, 0.2) is 0 Å². The summed E-state index contributed by atoms with van der Waals surface area (Å²) in [5, 5.41) is 0. The quantitative estimate of drug-likeness (QED) is 0.561. The van der Waals surface area contributed by atoms with Crippen LogP contribution in [-0.2, 0) is 0 Å². The van der Waals surface area contributed by atoms with Gasteiger partial charge in [-0.1, -0.05) is 47.5 Å². The first-order chi connectivity index (χ1) is 5.07. The van der Waals surface area contributed by atoms with E-state index in [4.69, 9.17) is 0 Å². The Balaban J connectivity index is 3.37. The second-order valence-corrected chi connectivity index (χ2v) is 4.07. The fourth-order valence-electron chi connectivity index (χ4n) is 1.03. The van der Waals surface area contributed by atoms with Crippen molar-refractivity contribution in [2.24, 2.45) is 11.8 Å². The average molecular weight is 155 g/mol. The van der Waals surface area contributed by atoms with Crippen LogP contribution in [0.4, 0.5) is 0 Å². The molecule has 0 rings (SSSR count). The molecule has 0 aliphatic carbocycles. The molecule has 0 aliphatic heterocycles. The van der Waals surface area contributed by atoms with Crippen LogP contribution in [0.25, 0.3) is 0 Å². The van der Waals surface area contributed by atoms with Gasteiger partial charge in [-0.3, -0.25) is 0 Å². The SMILES string of the molecule is CCC(C)CCC(C)[C](C)C. The molecule has 67 valence electrons. The van der Waals surface area contributed by atoms with E-state index in [1.165, 1.54) is 19.3 Å². The molecule has 1 radical (unpaired) electrons. The molecule has 0 heterocycles. The summed E-state index contributed by atoms with van der Waals surface area (Å²) in [6.45, 7) is 11.4. The van der Waals surface area contributed by atoms with E-state index in [1.54, 1.807) is 5.92 Å². The van der Waals surface area contributed by atoms with Crippen LogP contribution in [0.1, 0.15) is 53.9 Å². The topological polar surface area (TPSA) is 0 Å². The van der Waals surface area contributed by atoms with Crippen molar-refractivity contribution in [2.75, 3.05) is 0 Å². The third-order valence-electron chi connectivity index (χ3n) is 2.78. The molecular weight excluding hydrogens is 132 g/mol. The summed E-state index contributed by atoms with van der Waals surface area (Å²) in [5.74, 6) is 3.31. The van der Waals surface area contributed by atoms with Gasteiger partial charge < -0.3 is 0 Å². The lowest BCUT2D eigenvalue weighted by atomic mass is 9.89. The molecule has 0 saturated carbocycles. The molecular formula is C11H23. The fraction of sp³-hybridized carbons (Fsp3) is 0.909.